The SMILES string of the molecule is C[C@@H](NCC(=O)N(CCC#N)c1ccc(F)cc1)c1ccc(C(F)(F)F)nc1. The van der Waals surface area contributed by atoms with Crippen LogP contribution in [-0.2, 0) is 11.0 Å². The molecule has 0 saturated heterocycles. The quantitative estimate of drug-likeness (QED) is 0.725. The van der Waals surface area contributed by atoms with Crippen LogP contribution in [0.4, 0.5) is 23.2 Å². The highest BCUT2D eigenvalue weighted by Crippen LogP contribution is 2.27. The van der Waals surface area contributed by atoms with Crippen LogP contribution in [0.15, 0.2) is 42.6 Å². The van der Waals surface area contributed by atoms with Gasteiger partial charge in [0, 0.05) is 24.5 Å². The van der Waals surface area contributed by atoms with Crippen LogP contribution < -0.4 is 10.2 Å². The van der Waals surface area contributed by atoms with Crippen LogP contribution in [0.5, 0.6) is 0 Å². The van der Waals surface area contributed by atoms with Gasteiger partial charge in [-0.25, -0.2) is 4.39 Å². The maximum absolute atomic E-state index is 13.1. The third-order valence-electron chi connectivity index (χ3n) is 4.02. The predicted octanol–water partition coefficient (Wildman–Crippen LogP) is 3.84. The monoisotopic (exact) mass is 394 g/mol. The Morgan fingerprint density at radius 3 is 2.46 bits per heavy atom. The molecule has 0 aliphatic heterocycles. The number of alkyl halides is 3. The molecule has 1 heterocycles. The Hall–Kier alpha value is -2.99. The number of nitriles is 1. The number of amides is 1. The van der Waals surface area contributed by atoms with Gasteiger partial charge in [-0.1, -0.05) is 6.07 Å². The smallest absolute Gasteiger partial charge is 0.310 e. The van der Waals surface area contributed by atoms with E-state index < -0.39 is 23.7 Å². The molecular formula is C19H18F4N4O. The van der Waals surface area contributed by atoms with Crippen molar-refractivity contribution >= 4 is 11.6 Å². The molecule has 0 fully saturated rings. The van der Waals surface area contributed by atoms with E-state index in [1.807, 2.05) is 6.07 Å². The second-order valence-electron chi connectivity index (χ2n) is 6.01. The summed E-state index contributed by atoms with van der Waals surface area (Å²) in [6.45, 7) is 1.71. The first-order valence-corrected chi connectivity index (χ1v) is 8.41. The molecule has 0 bridgehead atoms. The maximum Gasteiger partial charge on any atom is 0.433 e. The zero-order valence-electron chi connectivity index (χ0n) is 15.0. The molecule has 1 N–H and O–H groups in total. The molecule has 2 aromatic rings. The number of rotatable bonds is 7. The van der Waals surface area contributed by atoms with E-state index in [4.69, 9.17) is 5.26 Å². The zero-order valence-corrected chi connectivity index (χ0v) is 15.0. The molecule has 1 amide bonds. The normalized spacial score (nSPS) is 12.3. The van der Waals surface area contributed by atoms with Gasteiger partial charge in [0.05, 0.1) is 19.0 Å². The molecule has 0 unspecified atom stereocenters. The molecule has 0 radical (unpaired) electrons. The van der Waals surface area contributed by atoms with E-state index in [2.05, 4.69) is 10.3 Å². The minimum Gasteiger partial charge on any atom is -0.310 e. The van der Waals surface area contributed by atoms with Crippen LogP contribution in [0.2, 0.25) is 0 Å². The Kier molecular flexibility index (Phi) is 7.06. The van der Waals surface area contributed by atoms with Crippen molar-refractivity contribution in [3.8, 4) is 6.07 Å². The van der Waals surface area contributed by atoms with Crippen molar-refractivity contribution in [1.82, 2.24) is 10.3 Å². The van der Waals surface area contributed by atoms with Gasteiger partial charge in [0.1, 0.15) is 11.5 Å². The summed E-state index contributed by atoms with van der Waals surface area (Å²) < 4.78 is 50.8. The molecule has 0 spiro atoms. The minimum absolute atomic E-state index is 0.0987. The number of hydrogen-bond acceptors (Lipinski definition) is 4. The van der Waals surface area contributed by atoms with E-state index in [0.717, 1.165) is 12.3 Å². The van der Waals surface area contributed by atoms with E-state index in [0.29, 0.717) is 11.3 Å². The third-order valence-corrected chi connectivity index (χ3v) is 4.02. The summed E-state index contributed by atoms with van der Waals surface area (Å²) in [5, 5.41) is 11.7. The summed E-state index contributed by atoms with van der Waals surface area (Å²) in [6, 6.07) is 9.01. The van der Waals surface area contributed by atoms with Crippen molar-refractivity contribution in [3.63, 3.8) is 0 Å². The highest BCUT2D eigenvalue weighted by molar-refractivity contribution is 5.94. The summed E-state index contributed by atoms with van der Waals surface area (Å²) in [6.07, 6.45) is -3.30. The molecule has 0 aliphatic rings. The van der Waals surface area contributed by atoms with Crippen molar-refractivity contribution in [1.29, 1.82) is 5.26 Å². The number of anilines is 1. The lowest BCUT2D eigenvalue weighted by Crippen LogP contribution is -2.39. The highest BCUT2D eigenvalue weighted by Gasteiger charge is 2.32. The zero-order chi connectivity index (χ0) is 20.7. The molecule has 28 heavy (non-hydrogen) atoms. The van der Waals surface area contributed by atoms with Crippen molar-refractivity contribution in [2.24, 2.45) is 0 Å². The number of halogens is 4. The van der Waals surface area contributed by atoms with Gasteiger partial charge in [-0.05, 0) is 42.8 Å². The fourth-order valence-electron chi connectivity index (χ4n) is 2.46. The molecule has 0 aliphatic carbocycles. The van der Waals surface area contributed by atoms with Gasteiger partial charge in [-0.15, -0.1) is 0 Å². The van der Waals surface area contributed by atoms with E-state index in [1.165, 1.54) is 35.2 Å². The average Bonchev–Trinajstić information content (AvgIpc) is 2.67. The van der Waals surface area contributed by atoms with Crippen LogP contribution in [0.25, 0.3) is 0 Å². The number of nitrogens with zero attached hydrogens (tertiary/aromatic N) is 3. The first-order chi connectivity index (χ1) is 13.2. The average molecular weight is 394 g/mol. The molecule has 5 nitrogen and oxygen atoms in total. The number of hydrogen-bond donors (Lipinski definition) is 1. The molecule has 2 rings (SSSR count). The van der Waals surface area contributed by atoms with Gasteiger partial charge >= 0.3 is 6.18 Å². The molecular weight excluding hydrogens is 376 g/mol. The second-order valence-corrected chi connectivity index (χ2v) is 6.01. The lowest BCUT2D eigenvalue weighted by atomic mass is 10.1. The topological polar surface area (TPSA) is 69.0 Å². The van der Waals surface area contributed by atoms with Crippen molar-refractivity contribution < 1.29 is 22.4 Å². The highest BCUT2D eigenvalue weighted by atomic mass is 19.4. The van der Waals surface area contributed by atoms with Gasteiger partial charge in [-0.2, -0.15) is 18.4 Å². The van der Waals surface area contributed by atoms with Crippen LogP contribution in [0.1, 0.15) is 30.6 Å². The van der Waals surface area contributed by atoms with E-state index in [-0.39, 0.29) is 25.4 Å². The fraction of sp³-hybridized carbons (Fsp3) is 0.316. The number of nitrogens with one attached hydrogen (secondary N) is 1. The summed E-state index contributed by atoms with van der Waals surface area (Å²) in [4.78, 5) is 17.3. The standard InChI is InChI=1S/C19H18F4N4O/c1-13(14-3-8-17(26-11-14)19(21,22)23)25-12-18(28)27(10-2-9-24)16-6-4-15(20)5-7-16/h3-8,11,13,25H,2,10,12H2,1H3/t13-/m1/s1. The molecule has 1 atom stereocenters. The van der Waals surface area contributed by atoms with Crippen molar-refractivity contribution in [3.05, 3.63) is 59.7 Å². The number of aromatic nitrogens is 1. The van der Waals surface area contributed by atoms with Crippen LogP contribution in [-0.4, -0.2) is 24.0 Å². The fourth-order valence-corrected chi connectivity index (χ4v) is 2.46. The number of pyridine rings is 1. The molecule has 148 valence electrons. The Bertz CT molecular complexity index is 829. The molecule has 9 heteroatoms. The lowest BCUT2D eigenvalue weighted by Gasteiger charge is -2.23. The Morgan fingerprint density at radius 1 is 1.25 bits per heavy atom. The van der Waals surface area contributed by atoms with E-state index in [9.17, 15) is 22.4 Å². The Morgan fingerprint density at radius 2 is 1.93 bits per heavy atom. The van der Waals surface area contributed by atoms with Gasteiger partial charge in [0.15, 0.2) is 0 Å². The summed E-state index contributed by atoms with van der Waals surface area (Å²) in [5.41, 5.74) is -0.0445. The van der Waals surface area contributed by atoms with Gasteiger partial charge in [-0.3, -0.25) is 9.78 Å². The lowest BCUT2D eigenvalue weighted by molar-refractivity contribution is -0.141. The summed E-state index contributed by atoms with van der Waals surface area (Å²) >= 11 is 0. The second kappa shape index (κ2) is 9.28. The van der Waals surface area contributed by atoms with Crippen LogP contribution >= 0.6 is 0 Å². The number of carbonyl (C=O) groups excluding carboxylic acids is 1. The van der Waals surface area contributed by atoms with Crippen molar-refractivity contribution in [2.45, 2.75) is 25.6 Å². The third kappa shape index (κ3) is 5.76. The van der Waals surface area contributed by atoms with E-state index in [1.54, 1.807) is 6.92 Å². The van der Waals surface area contributed by atoms with Gasteiger partial charge < -0.3 is 10.2 Å². The van der Waals surface area contributed by atoms with Crippen molar-refractivity contribution in [2.75, 3.05) is 18.0 Å². The molecule has 0 saturated carbocycles. The van der Waals surface area contributed by atoms with Crippen LogP contribution in [0.3, 0.4) is 0 Å². The minimum atomic E-state index is -4.51. The largest absolute Gasteiger partial charge is 0.433 e. The number of benzene rings is 1. The van der Waals surface area contributed by atoms with Crippen LogP contribution in [0, 0.1) is 17.1 Å². The summed E-state index contributed by atoms with van der Waals surface area (Å²) in [7, 11) is 0. The maximum atomic E-state index is 13.1. The predicted molar refractivity (Wildman–Crippen MR) is 94.6 cm³/mol. The number of carbonyl (C=O) groups is 1. The molecule has 1 aromatic carbocycles. The molecule has 1 aromatic heterocycles. The first kappa shape index (κ1) is 21.3. The van der Waals surface area contributed by atoms with Gasteiger partial charge in [0.2, 0.25) is 5.91 Å². The summed E-state index contributed by atoms with van der Waals surface area (Å²) in [5.74, 6) is -0.799. The van der Waals surface area contributed by atoms with Gasteiger partial charge in [0.25, 0.3) is 0 Å². The Labute approximate surface area is 159 Å². The van der Waals surface area contributed by atoms with E-state index >= 15 is 0 Å². The first-order valence-electron chi connectivity index (χ1n) is 8.41. The Balaban J connectivity index is 2.02.